The maximum absolute atomic E-state index is 10.9. The zero-order chi connectivity index (χ0) is 14.1. The van der Waals surface area contributed by atoms with Gasteiger partial charge in [-0.25, -0.2) is 4.98 Å². The molecule has 0 radical (unpaired) electrons. The van der Waals surface area contributed by atoms with Crippen molar-refractivity contribution in [1.82, 2.24) is 4.98 Å². The Bertz CT molecular complexity index is 765. The first kappa shape index (κ1) is 12.4. The largest absolute Gasteiger partial charge is 0.463 e. The topological polar surface area (TPSA) is 82.3 Å². The summed E-state index contributed by atoms with van der Waals surface area (Å²) in [6, 6.07) is 7.84. The van der Waals surface area contributed by atoms with Crippen molar-refractivity contribution in [2.24, 2.45) is 0 Å². The van der Waals surface area contributed by atoms with Crippen LogP contribution in [0.25, 0.3) is 22.9 Å². The lowest BCUT2D eigenvalue weighted by Gasteiger charge is -1.97. The molecule has 100 valence electrons. The van der Waals surface area contributed by atoms with Crippen molar-refractivity contribution < 1.29 is 13.8 Å². The Morgan fingerprint density at radius 1 is 1.25 bits per heavy atom. The number of hydrogen-bond acceptors (Lipinski definition) is 5. The molecule has 0 spiro atoms. The molecule has 0 aliphatic carbocycles. The van der Waals surface area contributed by atoms with Gasteiger partial charge in [0.1, 0.15) is 17.0 Å². The second-order valence-corrected chi connectivity index (χ2v) is 4.35. The number of nitro benzene ring substituents is 1. The normalized spacial score (nSPS) is 10.7. The van der Waals surface area contributed by atoms with Crippen LogP contribution in [0.4, 0.5) is 5.69 Å². The van der Waals surface area contributed by atoms with Gasteiger partial charge >= 0.3 is 0 Å². The smallest absolute Gasteiger partial charge is 0.288 e. The fourth-order valence-corrected chi connectivity index (χ4v) is 1.92. The number of nitro groups is 1. The van der Waals surface area contributed by atoms with Crippen LogP contribution in [-0.4, -0.2) is 9.91 Å². The van der Waals surface area contributed by atoms with Crippen molar-refractivity contribution in [3.63, 3.8) is 0 Å². The Labute approximate surface area is 117 Å². The second kappa shape index (κ2) is 4.82. The highest BCUT2D eigenvalue weighted by atomic mass is 35.5. The number of nitrogens with zero attached hydrogens (tertiary/aromatic N) is 2. The molecule has 20 heavy (non-hydrogen) atoms. The quantitative estimate of drug-likeness (QED) is 0.534. The van der Waals surface area contributed by atoms with E-state index in [1.165, 1.54) is 24.7 Å². The predicted octanol–water partition coefficient (Wildman–Crippen LogP) is 4.16. The fourth-order valence-electron chi connectivity index (χ4n) is 1.73. The van der Waals surface area contributed by atoms with Crippen molar-refractivity contribution in [2.75, 3.05) is 0 Å². The number of aromatic nitrogens is 1. The molecule has 0 bridgehead atoms. The van der Waals surface area contributed by atoms with Crippen molar-refractivity contribution >= 4 is 17.3 Å². The van der Waals surface area contributed by atoms with Crippen LogP contribution in [0.2, 0.25) is 5.02 Å². The van der Waals surface area contributed by atoms with Crippen molar-refractivity contribution in [1.29, 1.82) is 0 Å². The van der Waals surface area contributed by atoms with Gasteiger partial charge < -0.3 is 8.83 Å². The monoisotopic (exact) mass is 290 g/mol. The van der Waals surface area contributed by atoms with E-state index in [9.17, 15) is 10.1 Å². The average Bonchev–Trinajstić information content (AvgIpc) is 3.09. The van der Waals surface area contributed by atoms with Crippen LogP contribution in [0.1, 0.15) is 0 Å². The summed E-state index contributed by atoms with van der Waals surface area (Å²) in [5, 5.41) is 10.9. The van der Waals surface area contributed by atoms with E-state index in [-0.39, 0.29) is 16.6 Å². The van der Waals surface area contributed by atoms with Gasteiger partial charge in [0.2, 0.25) is 5.89 Å². The van der Waals surface area contributed by atoms with Gasteiger partial charge in [0.15, 0.2) is 5.76 Å². The summed E-state index contributed by atoms with van der Waals surface area (Å²) < 4.78 is 10.5. The number of halogens is 1. The van der Waals surface area contributed by atoms with Crippen molar-refractivity contribution in [3.05, 3.63) is 58.0 Å². The van der Waals surface area contributed by atoms with Gasteiger partial charge in [0.05, 0.1) is 11.2 Å². The summed E-state index contributed by atoms with van der Waals surface area (Å²) >= 11 is 5.76. The predicted molar refractivity (Wildman–Crippen MR) is 71.3 cm³/mol. The molecule has 2 aromatic heterocycles. The molecule has 0 fully saturated rings. The average molecular weight is 291 g/mol. The molecule has 7 heteroatoms. The lowest BCUT2D eigenvalue weighted by atomic mass is 10.2. The molecule has 3 aromatic rings. The molecule has 0 saturated heterocycles. The van der Waals surface area contributed by atoms with Gasteiger partial charge in [-0.05, 0) is 24.3 Å². The molecule has 1 aromatic carbocycles. The standard InChI is InChI=1S/C13H7ClN2O4/c14-9-4-3-8(6-11(9)16(17)18)13-15-10(7-20-13)12-2-1-5-19-12/h1-7H. The second-order valence-electron chi connectivity index (χ2n) is 3.94. The van der Waals surface area contributed by atoms with Crippen LogP contribution < -0.4 is 0 Å². The van der Waals surface area contributed by atoms with Crippen LogP contribution in [0, 0.1) is 10.1 Å². The van der Waals surface area contributed by atoms with E-state index in [0.29, 0.717) is 17.0 Å². The summed E-state index contributed by atoms with van der Waals surface area (Å²) in [5.74, 6) is 0.819. The number of hydrogen-bond donors (Lipinski definition) is 0. The van der Waals surface area contributed by atoms with E-state index in [1.54, 1.807) is 18.2 Å². The molecule has 2 heterocycles. The Balaban J connectivity index is 2.02. The molecule has 0 N–H and O–H groups in total. The molecular weight excluding hydrogens is 284 g/mol. The van der Waals surface area contributed by atoms with E-state index in [0.717, 1.165) is 0 Å². The van der Waals surface area contributed by atoms with Gasteiger partial charge in [0, 0.05) is 11.6 Å². The number of rotatable bonds is 3. The lowest BCUT2D eigenvalue weighted by molar-refractivity contribution is -0.384. The lowest BCUT2D eigenvalue weighted by Crippen LogP contribution is -1.90. The zero-order valence-corrected chi connectivity index (χ0v) is 10.7. The van der Waals surface area contributed by atoms with Crippen LogP contribution in [-0.2, 0) is 0 Å². The maximum Gasteiger partial charge on any atom is 0.288 e. The zero-order valence-electron chi connectivity index (χ0n) is 9.95. The summed E-state index contributed by atoms with van der Waals surface area (Å²) in [7, 11) is 0. The Morgan fingerprint density at radius 2 is 2.10 bits per heavy atom. The van der Waals surface area contributed by atoms with E-state index in [4.69, 9.17) is 20.4 Å². The highest BCUT2D eigenvalue weighted by molar-refractivity contribution is 6.32. The summed E-state index contributed by atoms with van der Waals surface area (Å²) in [5.41, 5.74) is 0.795. The third-order valence-electron chi connectivity index (χ3n) is 2.67. The molecule has 3 rings (SSSR count). The van der Waals surface area contributed by atoms with Gasteiger partial charge in [-0.1, -0.05) is 11.6 Å². The molecule has 0 atom stereocenters. The minimum Gasteiger partial charge on any atom is -0.463 e. The van der Waals surface area contributed by atoms with Gasteiger partial charge in [-0.3, -0.25) is 10.1 Å². The molecular formula is C13H7ClN2O4. The molecule has 0 aliphatic heterocycles. The first-order chi connectivity index (χ1) is 9.65. The molecule has 0 unspecified atom stereocenters. The number of oxazole rings is 1. The first-order valence-electron chi connectivity index (χ1n) is 5.59. The van der Waals surface area contributed by atoms with Crippen LogP contribution in [0.3, 0.4) is 0 Å². The summed E-state index contributed by atoms with van der Waals surface area (Å²) in [4.78, 5) is 14.5. The molecule has 0 aliphatic rings. The SMILES string of the molecule is O=[N+]([O-])c1cc(-c2nc(-c3ccco3)co2)ccc1Cl. The van der Waals surface area contributed by atoms with Crippen molar-refractivity contribution in [2.45, 2.75) is 0 Å². The van der Waals surface area contributed by atoms with Crippen LogP contribution in [0.15, 0.2) is 51.7 Å². The van der Waals surface area contributed by atoms with Gasteiger partial charge in [-0.2, -0.15) is 0 Å². The maximum atomic E-state index is 10.9. The minimum atomic E-state index is -0.553. The Morgan fingerprint density at radius 3 is 2.80 bits per heavy atom. The van der Waals surface area contributed by atoms with Gasteiger partial charge in [-0.15, -0.1) is 0 Å². The Kier molecular flexibility index (Phi) is 3.00. The Hall–Kier alpha value is -2.60. The van der Waals surface area contributed by atoms with E-state index < -0.39 is 4.92 Å². The number of furan rings is 1. The third-order valence-corrected chi connectivity index (χ3v) is 2.99. The summed E-state index contributed by atoms with van der Waals surface area (Å²) in [6.07, 6.45) is 2.95. The minimum absolute atomic E-state index is 0.0663. The highest BCUT2D eigenvalue weighted by Gasteiger charge is 2.16. The first-order valence-corrected chi connectivity index (χ1v) is 5.96. The third kappa shape index (κ3) is 2.17. The van der Waals surface area contributed by atoms with E-state index >= 15 is 0 Å². The molecule has 0 saturated carbocycles. The fraction of sp³-hybridized carbons (Fsp3) is 0. The highest BCUT2D eigenvalue weighted by Crippen LogP contribution is 2.31. The molecule has 6 nitrogen and oxygen atoms in total. The van der Waals surface area contributed by atoms with E-state index in [2.05, 4.69) is 4.98 Å². The summed E-state index contributed by atoms with van der Waals surface area (Å²) in [6.45, 7) is 0. The van der Waals surface area contributed by atoms with Crippen LogP contribution >= 0.6 is 11.6 Å². The van der Waals surface area contributed by atoms with E-state index in [1.807, 2.05) is 0 Å². The van der Waals surface area contributed by atoms with Crippen molar-refractivity contribution in [3.8, 4) is 22.9 Å². The molecule has 0 amide bonds. The van der Waals surface area contributed by atoms with Gasteiger partial charge in [0.25, 0.3) is 5.69 Å². The van der Waals surface area contributed by atoms with Crippen LogP contribution in [0.5, 0.6) is 0 Å². The number of benzene rings is 1.